The lowest BCUT2D eigenvalue weighted by Crippen LogP contribution is -2.46. The quantitative estimate of drug-likeness (QED) is 0.744. The topological polar surface area (TPSA) is 56.0 Å². The van der Waals surface area contributed by atoms with E-state index < -0.39 is 5.60 Å². The van der Waals surface area contributed by atoms with Gasteiger partial charge in [-0.3, -0.25) is 0 Å². The maximum atomic E-state index is 9.87. The van der Waals surface area contributed by atoms with Gasteiger partial charge in [0.05, 0.1) is 17.6 Å². The van der Waals surface area contributed by atoms with E-state index in [4.69, 9.17) is 5.26 Å². The summed E-state index contributed by atoms with van der Waals surface area (Å²) >= 11 is 0. The number of rotatable bonds is 4. The third-order valence-corrected chi connectivity index (χ3v) is 3.44. The molecule has 3 atom stereocenters. The predicted molar refractivity (Wildman–Crippen MR) is 60.3 cm³/mol. The first kappa shape index (κ1) is 12.5. The van der Waals surface area contributed by atoms with Crippen molar-refractivity contribution in [2.24, 2.45) is 5.92 Å². The van der Waals surface area contributed by atoms with Crippen LogP contribution in [0.5, 0.6) is 0 Å². The lowest BCUT2D eigenvalue weighted by Gasteiger charge is -2.31. The van der Waals surface area contributed by atoms with Crippen molar-refractivity contribution in [1.82, 2.24) is 5.32 Å². The van der Waals surface area contributed by atoms with Gasteiger partial charge >= 0.3 is 0 Å². The summed E-state index contributed by atoms with van der Waals surface area (Å²) in [5.74, 6) is 0.131. The van der Waals surface area contributed by atoms with Gasteiger partial charge in [0.2, 0.25) is 0 Å². The van der Waals surface area contributed by atoms with Crippen LogP contribution in [0.2, 0.25) is 0 Å². The molecule has 1 aliphatic carbocycles. The number of hydrogen-bond donors (Lipinski definition) is 2. The van der Waals surface area contributed by atoms with E-state index >= 15 is 0 Å². The van der Waals surface area contributed by atoms with Gasteiger partial charge in [0.15, 0.2) is 0 Å². The highest BCUT2D eigenvalue weighted by Crippen LogP contribution is 2.24. The lowest BCUT2D eigenvalue weighted by molar-refractivity contribution is 0.0497. The Bertz CT molecular complexity index is 232. The second-order valence-corrected chi connectivity index (χ2v) is 4.86. The van der Waals surface area contributed by atoms with Crippen LogP contribution in [0.1, 0.15) is 46.0 Å². The molecule has 0 aromatic rings. The minimum atomic E-state index is -0.641. The molecule has 15 heavy (non-hydrogen) atoms. The first-order chi connectivity index (χ1) is 7.09. The van der Waals surface area contributed by atoms with E-state index in [1.807, 2.05) is 13.8 Å². The van der Waals surface area contributed by atoms with Crippen molar-refractivity contribution < 1.29 is 5.11 Å². The molecule has 0 heterocycles. The van der Waals surface area contributed by atoms with Crippen LogP contribution in [0.4, 0.5) is 0 Å². The molecule has 0 amide bonds. The highest BCUT2D eigenvalue weighted by atomic mass is 16.3. The number of nitrogens with zero attached hydrogens (tertiary/aromatic N) is 1. The molecule has 1 fully saturated rings. The molecule has 1 aliphatic rings. The van der Waals surface area contributed by atoms with Crippen molar-refractivity contribution in [3.63, 3.8) is 0 Å². The molecular formula is C12H22N2O. The second-order valence-electron chi connectivity index (χ2n) is 4.86. The first-order valence-corrected chi connectivity index (χ1v) is 5.94. The standard InChI is InChI=1S/C12H22N2O/c1-3-12(2,15)9-14-11-7-5-4-6-10(11)8-13/h10-11,14-15H,3-7,9H2,1-2H3. The summed E-state index contributed by atoms with van der Waals surface area (Å²) in [4.78, 5) is 0. The number of hydrogen-bond acceptors (Lipinski definition) is 3. The third kappa shape index (κ3) is 3.81. The second kappa shape index (κ2) is 5.48. The minimum Gasteiger partial charge on any atom is -0.389 e. The summed E-state index contributed by atoms with van der Waals surface area (Å²) < 4.78 is 0. The largest absolute Gasteiger partial charge is 0.389 e. The van der Waals surface area contributed by atoms with Gasteiger partial charge in [-0.25, -0.2) is 0 Å². The molecule has 0 saturated heterocycles. The van der Waals surface area contributed by atoms with E-state index in [-0.39, 0.29) is 12.0 Å². The molecule has 0 radical (unpaired) electrons. The highest BCUT2D eigenvalue weighted by Gasteiger charge is 2.27. The molecular weight excluding hydrogens is 188 g/mol. The Kier molecular flexibility index (Phi) is 4.56. The normalized spacial score (nSPS) is 30.5. The molecule has 3 unspecified atom stereocenters. The Hall–Kier alpha value is -0.590. The van der Waals surface area contributed by atoms with Gasteiger partial charge in [-0.2, -0.15) is 5.26 Å². The molecule has 0 aliphatic heterocycles. The first-order valence-electron chi connectivity index (χ1n) is 5.94. The Labute approximate surface area is 92.5 Å². The monoisotopic (exact) mass is 210 g/mol. The van der Waals surface area contributed by atoms with Crippen molar-refractivity contribution in [1.29, 1.82) is 5.26 Å². The summed E-state index contributed by atoms with van der Waals surface area (Å²) in [5.41, 5.74) is -0.641. The van der Waals surface area contributed by atoms with E-state index in [9.17, 15) is 5.11 Å². The molecule has 3 nitrogen and oxygen atoms in total. The van der Waals surface area contributed by atoms with Crippen LogP contribution < -0.4 is 5.32 Å². The fourth-order valence-corrected chi connectivity index (χ4v) is 2.01. The van der Waals surface area contributed by atoms with Gasteiger partial charge in [-0.05, 0) is 26.2 Å². The summed E-state index contributed by atoms with van der Waals surface area (Å²) in [6.45, 7) is 4.40. The van der Waals surface area contributed by atoms with Gasteiger partial charge < -0.3 is 10.4 Å². The van der Waals surface area contributed by atoms with E-state index in [1.165, 1.54) is 12.8 Å². The van der Waals surface area contributed by atoms with Gasteiger partial charge in [0, 0.05) is 12.6 Å². The number of aliphatic hydroxyl groups is 1. The Morgan fingerprint density at radius 1 is 1.47 bits per heavy atom. The van der Waals surface area contributed by atoms with E-state index in [1.54, 1.807) is 0 Å². The molecule has 1 saturated carbocycles. The minimum absolute atomic E-state index is 0.131. The van der Waals surface area contributed by atoms with Crippen molar-refractivity contribution in [3.05, 3.63) is 0 Å². The van der Waals surface area contributed by atoms with E-state index in [2.05, 4.69) is 11.4 Å². The van der Waals surface area contributed by atoms with Crippen molar-refractivity contribution in [2.45, 2.75) is 57.6 Å². The average molecular weight is 210 g/mol. The van der Waals surface area contributed by atoms with Gasteiger partial charge in [-0.15, -0.1) is 0 Å². The van der Waals surface area contributed by atoms with Crippen LogP contribution in [0.3, 0.4) is 0 Å². The van der Waals surface area contributed by atoms with Crippen LogP contribution in [0, 0.1) is 17.2 Å². The molecule has 86 valence electrons. The zero-order chi connectivity index (χ0) is 11.3. The number of nitriles is 1. The fraction of sp³-hybridized carbons (Fsp3) is 0.917. The Morgan fingerprint density at radius 3 is 2.73 bits per heavy atom. The summed E-state index contributed by atoms with van der Waals surface area (Å²) in [6, 6.07) is 2.64. The fourth-order valence-electron chi connectivity index (χ4n) is 2.01. The molecule has 0 spiro atoms. The van der Waals surface area contributed by atoms with Gasteiger partial charge in [0.25, 0.3) is 0 Å². The smallest absolute Gasteiger partial charge is 0.0741 e. The zero-order valence-corrected chi connectivity index (χ0v) is 9.79. The van der Waals surface area contributed by atoms with Crippen molar-refractivity contribution in [2.75, 3.05) is 6.54 Å². The van der Waals surface area contributed by atoms with E-state index in [0.717, 1.165) is 19.3 Å². The maximum Gasteiger partial charge on any atom is 0.0741 e. The molecule has 0 aromatic carbocycles. The molecule has 0 bridgehead atoms. The van der Waals surface area contributed by atoms with Gasteiger partial charge in [-0.1, -0.05) is 19.8 Å². The van der Waals surface area contributed by atoms with Crippen molar-refractivity contribution in [3.8, 4) is 6.07 Å². The van der Waals surface area contributed by atoms with Crippen LogP contribution in [-0.2, 0) is 0 Å². The van der Waals surface area contributed by atoms with Gasteiger partial charge in [0.1, 0.15) is 0 Å². The summed E-state index contributed by atoms with van der Waals surface area (Å²) in [5, 5.41) is 22.2. The van der Waals surface area contributed by atoms with Crippen LogP contribution in [0.25, 0.3) is 0 Å². The van der Waals surface area contributed by atoms with Crippen molar-refractivity contribution >= 4 is 0 Å². The van der Waals surface area contributed by atoms with E-state index in [0.29, 0.717) is 6.54 Å². The summed E-state index contributed by atoms with van der Waals surface area (Å²) in [7, 11) is 0. The molecule has 2 N–H and O–H groups in total. The molecule has 3 heteroatoms. The SMILES string of the molecule is CCC(C)(O)CNC1CCCCC1C#N. The molecule has 0 aromatic heterocycles. The van der Waals surface area contributed by atoms with Crippen LogP contribution >= 0.6 is 0 Å². The average Bonchev–Trinajstić information content (AvgIpc) is 2.27. The number of nitrogens with one attached hydrogen (secondary N) is 1. The lowest BCUT2D eigenvalue weighted by atomic mass is 9.85. The summed E-state index contributed by atoms with van der Waals surface area (Å²) in [6.07, 6.45) is 5.18. The predicted octanol–water partition coefficient (Wildman–Crippen LogP) is 1.82. The van der Waals surface area contributed by atoms with Crippen LogP contribution in [0.15, 0.2) is 0 Å². The Balaban J connectivity index is 2.39. The zero-order valence-electron chi connectivity index (χ0n) is 9.79. The van der Waals surface area contributed by atoms with Crippen LogP contribution in [-0.4, -0.2) is 23.3 Å². The maximum absolute atomic E-state index is 9.87. The highest BCUT2D eigenvalue weighted by molar-refractivity contribution is 4.95. The molecule has 1 rings (SSSR count). The Morgan fingerprint density at radius 2 is 2.13 bits per heavy atom. The third-order valence-electron chi connectivity index (χ3n) is 3.44.